The van der Waals surface area contributed by atoms with Crippen LogP contribution in [0.3, 0.4) is 0 Å². The molecule has 1 atom stereocenters. The van der Waals surface area contributed by atoms with Gasteiger partial charge in [0.15, 0.2) is 6.10 Å². The van der Waals surface area contributed by atoms with Crippen LogP contribution in [0, 0.1) is 0 Å². The lowest BCUT2D eigenvalue weighted by Gasteiger charge is -2.25. The molecule has 0 aliphatic heterocycles. The van der Waals surface area contributed by atoms with E-state index in [1.54, 1.807) is 6.92 Å². The lowest BCUT2D eigenvalue weighted by Crippen LogP contribution is -2.30. The van der Waals surface area contributed by atoms with E-state index in [1.807, 2.05) is 60.7 Å². The topological polar surface area (TPSA) is 65.1 Å². The van der Waals surface area contributed by atoms with E-state index in [0.717, 1.165) is 34.3 Å². The highest BCUT2D eigenvalue weighted by molar-refractivity contribution is 5.87. The molecule has 40 heavy (non-hydrogen) atoms. The van der Waals surface area contributed by atoms with E-state index >= 15 is 0 Å². The van der Waals surface area contributed by atoms with Crippen molar-refractivity contribution < 1.29 is 23.8 Å². The zero-order chi connectivity index (χ0) is 28.3. The maximum absolute atomic E-state index is 11.7. The number of nitrogens with zero attached hydrogens (tertiary/aromatic N) is 1. The molecule has 4 rings (SSSR count). The van der Waals surface area contributed by atoms with Gasteiger partial charge in [-0.3, -0.25) is 0 Å². The zero-order valence-corrected chi connectivity index (χ0v) is 22.4. The summed E-state index contributed by atoms with van der Waals surface area (Å²) in [7, 11) is 0. The standard InChI is InChI=1S/C34H31NO5/c1-4-33(36)40-32(24-39-34(37)25(2)3)23-38-31-21-17-27(18-22-31)26-15-19-30(20-16-26)35(28-11-7-5-8-12-28)29-13-9-6-10-14-29/h4-22,32H,1-2,23-24H2,3H3. The molecule has 0 N–H and O–H groups in total. The van der Waals surface area contributed by atoms with Crippen LogP contribution in [0.25, 0.3) is 11.1 Å². The van der Waals surface area contributed by atoms with Gasteiger partial charge < -0.3 is 19.1 Å². The fourth-order valence-corrected chi connectivity index (χ4v) is 3.96. The molecule has 202 valence electrons. The summed E-state index contributed by atoms with van der Waals surface area (Å²) in [6, 6.07) is 36.5. The first kappa shape index (κ1) is 27.9. The molecule has 1 unspecified atom stereocenters. The third-order valence-electron chi connectivity index (χ3n) is 5.98. The molecule has 0 heterocycles. The normalized spacial score (nSPS) is 11.1. The first-order valence-electron chi connectivity index (χ1n) is 12.8. The van der Waals surface area contributed by atoms with Crippen LogP contribution < -0.4 is 9.64 Å². The van der Waals surface area contributed by atoms with Crippen molar-refractivity contribution in [2.75, 3.05) is 18.1 Å². The van der Waals surface area contributed by atoms with Gasteiger partial charge in [-0.2, -0.15) is 0 Å². The van der Waals surface area contributed by atoms with Crippen molar-refractivity contribution in [1.29, 1.82) is 0 Å². The first-order valence-corrected chi connectivity index (χ1v) is 12.8. The van der Waals surface area contributed by atoms with Gasteiger partial charge in [0.05, 0.1) is 0 Å². The molecule has 6 heteroatoms. The minimum Gasteiger partial charge on any atom is -0.490 e. The monoisotopic (exact) mass is 533 g/mol. The van der Waals surface area contributed by atoms with Crippen LogP contribution in [-0.4, -0.2) is 31.3 Å². The zero-order valence-electron chi connectivity index (χ0n) is 22.4. The number of anilines is 3. The molecule has 0 amide bonds. The number of benzene rings is 4. The highest BCUT2D eigenvalue weighted by Gasteiger charge is 2.17. The third-order valence-corrected chi connectivity index (χ3v) is 5.98. The Bertz CT molecular complexity index is 1390. The summed E-state index contributed by atoms with van der Waals surface area (Å²) in [5, 5.41) is 0. The van der Waals surface area contributed by atoms with Crippen LogP contribution in [-0.2, 0) is 19.1 Å². The fourth-order valence-electron chi connectivity index (χ4n) is 3.96. The van der Waals surface area contributed by atoms with E-state index in [1.165, 1.54) is 0 Å². The highest BCUT2D eigenvalue weighted by Crippen LogP contribution is 2.35. The van der Waals surface area contributed by atoms with E-state index in [9.17, 15) is 9.59 Å². The Morgan fingerprint density at radius 2 is 1.25 bits per heavy atom. The van der Waals surface area contributed by atoms with Gasteiger partial charge in [0.2, 0.25) is 0 Å². The molecular weight excluding hydrogens is 502 g/mol. The molecule has 0 aromatic heterocycles. The van der Waals surface area contributed by atoms with Crippen molar-refractivity contribution in [3.05, 3.63) is 134 Å². The molecule has 4 aromatic carbocycles. The number of para-hydroxylation sites is 2. The summed E-state index contributed by atoms with van der Waals surface area (Å²) < 4.78 is 16.2. The Morgan fingerprint density at radius 1 is 0.750 bits per heavy atom. The van der Waals surface area contributed by atoms with Crippen LogP contribution in [0.4, 0.5) is 17.1 Å². The number of hydrogen-bond donors (Lipinski definition) is 0. The van der Waals surface area contributed by atoms with Gasteiger partial charge in [-0.05, 0) is 66.6 Å². The molecule has 0 fully saturated rings. The maximum Gasteiger partial charge on any atom is 0.333 e. The van der Waals surface area contributed by atoms with E-state index in [4.69, 9.17) is 14.2 Å². The van der Waals surface area contributed by atoms with Crippen LogP contribution in [0.1, 0.15) is 6.92 Å². The summed E-state index contributed by atoms with van der Waals surface area (Å²) in [6.45, 7) is 8.34. The van der Waals surface area contributed by atoms with Gasteiger partial charge in [-0.1, -0.05) is 73.8 Å². The van der Waals surface area contributed by atoms with Crippen LogP contribution in [0.5, 0.6) is 5.75 Å². The summed E-state index contributed by atoms with van der Waals surface area (Å²) in [5.74, 6) is -0.604. The van der Waals surface area contributed by atoms with Gasteiger partial charge in [-0.25, -0.2) is 9.59 Å². The number of carbonyl (C=O) groups is 2. The van der Waals surface area contributed by atoms with Gasteiger partial charge >= 0.3 is 11.9 Å². The molecule has 0 saturated carbocycles. The van der Waals surface area contributed by atoms with Crippen molar-refractivity contribution >= 4 is 29.0 Å². The number of carbonyl (C=O) groups excluding carboxylic acids is 2. The van der Waals surface area contributed by atoms with E-state index in [2.05, 4.69) is 66.6 Å². The minimum atomic E-state index is -0.793. The highest BCUT2D eigenvalue weighted by atomic mass is 16.6. The summed E-state index contributed by atoms with van der Waals surface area (Å²) >= 11 is 0. The van der Waals surface area contributed by atoms with Gasteiger partial charge in [-0.15, -0.1) is 0 Å². The van der Waals surface area contributed by atoms with Crippen LogP contribution in [0.2, 0.25) is 0 Å². The van der Waals surface area contributed by atoms with Gasteiger partial charge in [0.1, 0.15) is 19.0 Å². The lowest BCUT2D eigenvalue weighted by atomic mass is 10.0. The number of rotatable bonds is 12. The Labute approximate surface area is 234 Å². The average Bonchev–Trinajstić information content (AvgIpc) is 3.00. The first-order chi connectivity index (χ1) is 19.4. The van der Waals surface area contributed by atoms with E-state index in [0.29, 0.717) is 5.75 Å². The second-order valence-corrected chi connectivity index (χ2v) is 9.03. The van der Waals surface area contributed by atoms with Crippen LogP contribution >= 0.6 is 0 Å². The Morgan fingerprint density at radius 3 is 1.75 bits per heavy atom. The molecule has 0 aliphatic rings. The van der Waals surface area contributed by atoms with Crippen molar-refractivity contribution in [1.82, 2.24) is 0 Å². The Balaban J connectivity index is 1.44. The van der Waals surface area contributed by atoms with Gasteiger partial charge in [0.25, 0.3) is 0 Å². The summed E-state index contributed by atoms with van der Waals surface area (Å²) in [6.07, 6.45) is 0.255. The molecule has 0 radical (unpaired) electrons. The van der Waals surface area contributed by atoms with Crippen molar-refractivity contribution in [3.63, 3.8) is 0 Å². The molecule has 4 aromatic rings. The lowest BCUT2D eigenvalue weighted by molar-refractivity contribution is -0.154. The van der Waals surface area contributed by atoms with Gasteiger partial charge in [0, 0.05) is 28.7 Å². The maximum atomic E-state index is 11.7. The van der Waals surface area contributed by atoms with Crippen molar-refractivity contribution in [3.8, 4) is 16.9 Å². The molecule has 0 aliphatic carbocycles. The van der Waals surface area contributed by atoms with Crippen LogP contribution in [0.15, 0.2) is 134 Å². The fraction of sp³-hybridized carbons (Fsp3) is 0.118. The predicted molar refractivity (Wildman–Crippen MR) is 158 cm³/mol. The Hall–Kier alpha value is -5.10. The average molecular weight is 534 g/mol. The number of hydrogen-bond acceptors (Lipinski definition) is 6. The Kier molecular flexibility index (Phi) is 9.51. The number of esters is 2. The number of ether oxygens (including phenoxy) is 3. The van der Waals surface area contributed by atoms with Crippen molar-refractivity contribution in [2.45, 2.75) is 13.0 Å². The summed E-state index contributed by atoms with van der Waals surface area (Å²) in [4.78, 5) is 25.6. The quantitative estimate of drug-likeness (QED) is 0.139. The molecule has 0 spiro atoms. The second kappa shape index (κ2) is 13.6. The van der Waals surface area contributed by atoms with E-state index < -0.39 is 18.0 Å². The molecule has 6 nitrogen and oxygen atoms in total. The predicted octanol–water partition coefficient (Wildman–Crippen LogP) is 7.42. The third kappa shape index (κ3) is 7.48. The second-order valence-electron chi connectivity index (χ2n) is 9.03. The molecule has 0 saturated heterocycles. The molecular formula is C34H31NO5. The smallest absolute Gasteiger partial charge is 0.333 e. The SMILES string of the molecule is C=CC(=O)OC(COC(=O)C(=C)C)COc1ccc(-c2ccc(N(c3ccccc3)c3ccccc3)cc2)cc1. The molecule has 0 bridgehead atoms. The minimum absolute atomic E-state index is 0.00585. The summed E-state index contributed by atoms with van der Waals surface area (Å²) in [5.41, 5.74) is 5.54. The largest absolute Gasteiger partial charge is 0.490 e. The van der Waals surface area contributed by atoms with Crippen molar-refractivity contribution in [2.24, 2.45) is 0 Å². The van der Waals surface area contributed by atoms with E-state index in [-0.39, 0.29) is 18.8 Å².